The monoisotopic (exact) mass is 394 g/mol. The van der Waals surface area contributed by atoms with E-state index in [1.807, 2.05) is 13.8 Å². The van der Waals surface area contributed by atoms with Gasteiger partial charge in [-0.1, -0.05) is 0 Å². The fourth-order valence-corrected chi connectivity index (χ4v) is 2.79. The quantitative estimate of drug-likeness (QED) is 0.489. The molecule has 4 rings (SSSR count). The largest absolute Gasteiger partial charge is 0.449 e. The number of rotatable bonds is 5. The lowest BCUT2D eigenvalue weighted by molar-refractivity contribution is -0.123. The van der Waals surface area contributed by atoms with Crippen molar-refractivity contribution in [2.75, 3.05) is 5.32 Å². The van der Waals surface area contributed by atoms with Gasteiger partial charge in [0, 0.05) is 17.6 Å². The van der Waals surface area contributed by atoms with Gasteiger partial charge in [0.2, 0.25) is 0 Å². The predicted molar refractivity (Wildman–Crippen MR) is 103 cm³/mol. The molecule has 0 aromatic carbocycles. The van der Waals surface area contributed by atoms with Crippen LogP contribution in [0, 0.1) is 0 Å². The van der Waals surface area contributed by atoms with Crippen molar-refractivity contribution >= 4 is 39.9 Å². The molecule has 148 valence electrons. The number of imidazole rings is 1. The molecule has 4 aromatic heterocycles. The van der Waals surface area contributed by atoms with Crippen molar-refractivity contribution in [2.24, 2.45) is 0 Å². The van der Waals surface area contributed by atoms with Gasteiger partial charge in [0.1, 0.15) is 11.8 Å². The summed E-state index contributed by atoms with van der Waals surface area (Å²) in [5.74, 6) is -0.937. The van der Waals surface area contributed by atoms with Crippen LogP contribution in [0.3, 0.4) is 0 Å². The van der Waals surface area contributed by atoms with Gasteiger partial charge in [-0.2, -0.15) is 5.10 Å². The highest BCUT2D eigenvalue weighted by molar-refractivity contribution is 6.00. The number of hydrogen-bond donors (Lipinski definition) is 2. The van der Waals surface area contributed by atoms with Gasteiger partial charge in [0.05, 0.1) is 18.1 Å². The predicted octanol–water partition coefficient (Wildman–Crippen LogP) is 1.86. The number of hydrogen-bond acceptors (Lipinski definition) is 8. The van der Waals surface area contributed by atoms with E-state index in [0.29, 0.717) is 22.2 Å². The first-order valence-electron chi connectivity index (χ1n) is 8.93. The summed E-state index contributed by atoms with van der Waals surface area (Å²) in [6.45, 7) is 5.46. The molecule has 0 spiro atoms. The van der Waals surface area contributed by atoms with Gasteiger partial charge in [-0.3, -0.25) is 4.79 Å². The SMILES string of the molecule is CC(C)n1ncc2cc(C(=O)O[C@H](C)C(=O)Nc3ncnc4nc[nH]c34)cnc21. The van der Waals surface area contributed by atoms with Crippen LogP contribution in [-0.4, -0.2) is 52.7 Å². The third-order valence-electron chi connectivity index (χ3n) is 4.28. The molecule has 1 amide bonds. The van der Waals surface area contributed by atoms with Gasteiger partial charge in [0.25, 0.3) is 5.91 Å². The smallest absolute Gasteiger partial charge is 0.340 e. The van der Waals surface area contributed by atoms with Crippen LogP contribution in [0.15, 0.2) is 31.1 Å². The molecule has 4 aromatic rings. The average Bonchev–Trinajstić information content (AvgIpc) is 3.34. The van der Waals surface area contributed by atoms with Crippen LogP contribution in [0.25, 0.3) is 22.2 Å². The lowest BCUT2D eigenvalue weighted by Gasteiger charge is -2.13. The number of carbonyl (C=O) groups excluding carboxylic acids is 2. The van der Waals surface area contributed by atoms with Crippen molar-refractivity contribution in [3.8, 4) is 0 Å². The minimum atomic E-state index is -1.05. The standard InChI is InChI=1S/C18H18N8O3/c1-9(2)26-16-11(6-24-26)4-12(5-19-16)18(28)29-10(3)17(27)25-15-13-14(21-7-20-13)22-8-23-15/h4-10H,1-3H3,(H2,20,21,22,23,25,27)/t10-/m1/s1. The Bertz CT molecular complexity index is 1210. The molecule has 11 heteroatoms. The molecule has 0 aliphatic rings. The normalized spacial score (nSPS) is 12.4. The number of H-pyrrole nitrogens is 1. The van der Waals surface area contributed by atoms with Crippen molar-refractivity contribution in [3.05, 3.63) is 36.7 Å². The minimum Gasteiger partial charge on any atom is -0.449 e. The molecule has 0 fully saturated rings. The first kappa shape index (κ1) is 18.5. The van der Waals surface area contributed by atoms with E-state index in [-0.39, 0.29) is 17.4 Å². The highest BCUT2D eigenvalue weighted by Gasteiger charge is 2.21. The summed E-state index contributed by atoms with van der Waals surface area (Å²) in [5.41, 5.74) is 1.81. The van der Waals surface area contributed by atoms with Crippen molar-refractivity contribution in [1.82, 2.24) is 34.7 Å². The van der Waals surface area contributed by atoms with Crippen LogP contribution >= 0.6 is 0 Å². The maximum Gasteiger partial charge on any atom is 0.340 e. The van der Waals surface area contributed by atoms with Gasteiger partial charge in [-0.15, -0.1) is 0 Å². The van der Waals surface area contributed by atoms with E-state index in [1.54, 1.807) is 16.9 Å². The van der Waals surface area contributed by atoms with E-state index in [9.17, 15) is 9.59 Å². The van der Waals surface area contributed by atoms with Gasteiger partial charge in [-0.05, 0) is 26.8 Å². The number of carbonyl (C=O) groups is 2. The Morgan fingerprint density at radius 1 is 1.14 bits per heavy atom. The summed E-state index contributed by atoms with van der Waals surface area (Å²) in [7, 11) is 0. The summed E-state index contributed by atoms with van der Waals surface area (Å²) in [5, 5.41) is 7.59. The highest BCUT2D eigenvalue weighted by atomic mass is 16.5. The molecular formula is C18H18N8O3. The number of nitrogens with zero attached hydrogens (tertiary/aromatic N) is 6. The topological polar surface area (TPSA) is 141 Å². The van der Waals surface area contributed by atoms with Gasteiger partial charge >= 0.3 is 5.97 Å². The van der Waals surface area contributed by atoms with Crippen molar-refractivity contribution in [1.29, 1.82) is 0 Å². The fourth-order valence-electron chi connectivity index (χ4n) is 2.79. The third kappa shape index (κ3) is 3.49. The van der Waals surface area contributed by atoms with Crippen molar-refractivity contribution < 1.29 is 14.3 Å². The molecule has 0 bridgehead atoms. The molecule has 0 saturated heterocycles. The van der Waals surface area contributed by atoms with Crippen LogP contribution < -0.4 is 5.32 Å². The van der Waals surface area contributed by atoms with E-state index in [1.165, 1.54) is 25.8 Å². The number of anilines is 1. The Morgan fingerprint density at radius 3 is 2.76 bits per heavy atom. The van der Waals surface area contributed by atoms with Crippen LogP contribution in [0.1, 0.15) is 37.2 Å². The number of ether oxygens (including phenoxy) is 1. The molecule has 1 atom stereocenters. The zero-order valence-corrected chi connectivity index (χ0v) is 15.9. The Balaban J connectivity index is 1.47. The van der Waals surface area contributed by atoms with E-state index >= 15 is 0 Å². The molecule has 0 saturated carbocycles. The fraction of sp³-hybridized carbons (Fsp3) is 0.278. The first-order valence-corrected chi connectivity index (χ1v) is 8.93. The van der Waals surface area contributed by atoms with Crippen LogP contribution in [-0.2, 0) is 9.53 Å². The lowest BCUT2D eigenvalue weighted by atomic mass is 10.2. The number of fused-ring (bicyclic) bond motifs is 2. The van der Waals surface area contributed by atoms with Crippen molar-refractivity contribution in [2.45, 2.75) is 32.9 Å². The van der Waals surface area contributed by atoms with Crippen LogP contribution in [0.5, 0.6) is 0 Å². The molecule has 11 nitrogen and oxygen atoms in total. The molecule has 0 radical (unpaired) electrons. The molecule has 4 heterocycles. The van der Waals surface area contributed by atoms with Crippen LogP contribution in [0.4, 0.5) is 5.82 Å². The number of nitrogens with one attached hydrogen (secondary N) is 2. The number of pyridine rings is 1. The zero-order chi connectivity index (χ0) is 20.5. The Kier molecular flexibility index (Phi) is 4.63. The number of amides is 1. The zero-order valence-electron chi connectivity index (χ0n) is 15.9. The Hall–Kier alpha value is -3.89. The van der Waals surface area contributed by atoms with Gasteiger partial charge in [0.15, 0.2) is 23.2 Å². The van der Waals surface area contributed by atoms with E-state index in [4.69, 9.17) is 4.74 Å². The molecule has 2 N–H and O–H groups in total. The maximum absolute atomic E-state index is 12.5. The first-order chi connectivity index (χ1) is 13.9. The average molecular weight is 394 g/mol. The molecule has 0 aliphatic carbocycles. The Labute approximate surface area is 164 Å². The molecule has 0 aliphatic heterocycles. The number of aromatic amines is 1. The lowest BCUT2D eigenvalue weighted by Crippen LogP contribution is -2.30. The summed E-state index contributed by atoms with van der Waals surface area (Å²) in [4.78, 5) is 44.0. The minimum absolute atomic E-state index is 0.143. The molecular weight excluding hydrogens is 376 g/mol. The van der Waals surface area contributed by atoms with Crippen molar-refractivity contribution in [3.63, 3.8) is 0 Å². The van der Waals surface area contributed by atoms with Gasteiger partial charge < -0.3 is 15.0 Å². The second kappa shape index (κ2) is 7.26. The molecule has 29 heavy (non-hydrogen) atoms. The van der Waals surface area contributed by atoms with Crippen LogP contribution in [0.2, 0.25) is 0 Å². The third-order valence-corrected chi connectivity index (χ3v) is 4.28. The van der Waals surface area contributed by atoms with E-state index in [2.05, 4.69) is 35.3 Å². The van der Waals surface area contributed by atoms with E-state index in [0.717, 1.165) is 0 Å². The summed E-state index contributed by atoms with van der Waals surface area (Å²) >= 11 is 0. The number of esters is 1. The summed E-state index contributed by atoms with van der Waals surface area (Å²) < 4.78 is 7.04. The van der Waals surface area contributed by atoms with E-state index < -0.39 is 18.0 Å². The molecule has 0 unspecified atom stereocenters. The maximum atomic E-state index is 12.5. The Morgan fingerprint density at radius 2 is 1.97 bits per heavy atom. The summed E-state index contributed by atoms with van der Waals surface area (Å²) in [6, 6.07) is 1.78. The summed E-state index contributed by atoms with van der Waals surface area (Å²) in [6.07, 6.45) is 4.73. The van der Waals surface area contributed by atoms with Gasteiger partial charge in [-0.25, -0.2) is 29.4 Å². The second-order valence-electron chi connectivity index (χ2n) is 6.68. The number of aromatic nitrogens is 7. The second-order valence-corrected chi connectivity index (χ2v) is 6.68. The highest BCUT2D eigenvalue weighted by Crippen LogP contribution is 2.18.